The van der Waals surface area contributed by atoms with Crippen LogP contribution in [0.3, 0.4) is 0 Å². The summed E-state index contributed by atoms with van der Waals surface area (Å²) in [6.07, 6.45) is 4.71. The monoisotopic (exact) mass is 406 g/mol. The fraction of sp³-hybridized carbons (Fsp3) is 0.227. The molecule has 1 atom stereocenters. The van der Waals surface area contributed by atoms with Crippen LogP contribution in [0.5, 0.6) is 0 Å². The Hall–Kier alpha value is -3.81. The number of carbonyl (C=O) groups excluding carboxylic acids is 2. The molecule has 154 valence electrons. The number of hydrogen-bond acceptors (Lipinski definition) is 5. The van der Waals surface area contributed by atoms with E-state index in [1.54, 1.807) is 42.9 Å². The zero-order chi connectivity index (χ0) is 21.8. The summed E-state index contributed by atoms with van der Waals surface area (Å²) in [4.78, 5) is 39.2. The van der Waals surface area contributed by atoms with Crippen LogP contribution in [0.1, 0.15) is 42.2 Å². The van der Waals surface area contributed by atoms with Gasteiger partial charge >= 0.3 is 0 Å². The second-order valence-corrected chi connectivity index (χ2v) is 7.34. The van der Waals surface area contributed by atoms with Crippen molar-refractivity contribution in [2.24, 2.45) is 11.7 Å². The van der Waals surface area contributed by atoms with Gasteiger partial charge in [-0.3, -0.25) is 19.7 Å². The van der Waals surface area contributed by atoms with Crippen LogP contribution in [-0.4, -0.2) is 26.2 Å². The van der Waals surface area contributed by atoms with Crippen molar-refractivity contribution in [2.45, 2.75) is 26.3 Å². The van der Waals surface area contributed by atoms with E-state index < -0.39 is 23.0 Å². The molecule has 0 aliphatic heterocycles. The largest absolute Gasteiger partial charge is 0.369 e. The summed E-state index contributed by atoms with van der Waals surface area (Å²) in [5.41, 5.74) is 6.73. The highest BCUT2D eigenvalue weighted by atomic mass is 16.6. The van der Waals surface area contributed by atoms with Crippen molar-refractivity contribution in [3.05, 3.63) is 82.4 Å². The average Bonchev–Trinajstić information content (AvgIpc) is 3.21. The number of nitro groups is 1. The maximum atomic E-state index is 12.5. The molecular formula is C22H22N4O4. The Labute approximate surface area is 173 Å². The van der Waals surface area contributed by atoms with E-state index in [0.29, 0.717) is 11.1 Å². The molecule has 30 heavy (non-hydrogen) atoms. The van der Waals surface area contributed by atoms with E-state index in [1.807, 2.05) is 30.7 Å². The van der Waals surface area contributed by atoms with E-state index in [9.17, 15) is 19.7 Å². The van der Waals surface area contributed by atoms with E-state index in [-0.39, 0.29) is 23.2 Å². The molecule has 0 fully saturated rings. The van der Waals surface area contributed by atoms with Gasteiger partial charge in [-0.15, -0.1) is 0 Å². The maximum absolute atomic E-state index is 12.5. The molecule has 0 radical (unpaired) electrons. The highest BCUT2D eigenvalue weighted by Gasteiger charge is 2.25. The molecule has 0 saturated carbocycles. The van der Waals surface area contributed by atoms with Gasteiger partial charge in [0, 0.05) is 24.0 Å². The first-order valence-corrected chi connectivity index (χ1v) is 9.46. The van der Waals surface area contributed by atoms with Crippen LogP contribution in [0.25, 0.3) is 11.1 Å². The Morgan fingerprint density at radius 1 is 1.17 bits per heavy atom. The zero-order valence-electron chi connectivity index (χ0n) is 16.7. The molecule has 0 aliphatic carbocycles. The first-order valence-electron chi connectivity index (χ1n) is 9.46. The summed E-state index contributed by atoms with van der Waals surface area (Å²) < 4.78 is 1.91. The predicted molar refractivity (Wildman–Crippen MR) is 112 cm³/mol. The summed E-state index contributed by atoms with van der Waals surface area (Å²) >= 11 is 0. The summed E-state index contributed by atoms with van der Waals surface area (Å²) in [5, 5.41) is 11.9. The third-order valence-electron chi connectivity index (χ3n) is 4.89. The number of nitro benzene ring substituents is 1. The van der Waals surface area contributed by atoms with Gasteiger partial charge in [0.25, 0.3) is 5.69 Å². The molecule has 8 heteroatoms. The van der Waals surface area contributed by atoms with Gasteiger partial charge < -0.3 is 10.3 Å². The Morgan fingerprint density at radius 3 is 2.50 bits per heavy atom. The lowest BCUT2D eigenvalue weighted by Crippen LogP contribution is -2.17. The Kier molecular flexibility index (Phi) is 6.06. The molecule has 8 nitrogen and oxygen atoms in total. The normalized spacial score (nSPS) is 12.0. The van der Waals surface area contributed by atoms with E-state index in [2.05, 4.69) is 4.98 Å². The molecular weight excluding hydrogens is 384 g/mol. The second-order valence-electron chi connectivity index (χ2n) is 7.34. The lowest BCUT2D eigenvalue weighted by Gasteiger charge is -2.23. The first kappa shape index (κ1) is 20.9. The van der Waals surface area contributed by atoms with E-state index in [4.69, 9.17) is 5.73 Å². The van der Waals surface area contributed by atoms with Crippen LogP contribution in [-0.2, 0) is 4.79 Å². The molecule has 1 amide bonds. The van der Waals surface area contributed by atoms with Crippen molar-refractivity contribution in [1.82, 2.24) is 9.55 Å². The van der Waals surface area contributed by atoms with Gasteiger partial charge in [-0.25, -0.2) is 4.98 Å². The second kappa shape index (κ2) is 8.69. The van der Waals surface area contributed by atoms with E-state index >= 15 is 0 Å². The minimum Gasteiger partial charge on any atom is -0.369 e. The molecule has 0 aliphatic rings. The third-order valence-corrected chi connectivity index (χ3v) is 4.89. The van der Waals surface area contributed by atoms with Crippen molar-refractivity contribution in [3.8, 4) is 11.1 Å². The van der Waals surface area contributed by atoms with Gasteiger partial charge in [-0.05, 0) is 23.1 Å². The van der Waals surface area contributed by atoms with E-state index in [0.717, 1.165) is 5.56 Å². The lowest BCUT2D eigenvalue weighted by molar-refractivity contribution is -0.384. The minimum atomic E-state index is -0.750. The number of benzene rings is 2. The SMILES string of the molecule is CC(C)C(c1ccc(-c2ccccc2C(=O)CC(N)=O)c([N+](=O)[O-])c1)n1ccnc1. The van der Waals surface area contributed by atoms with Gasteiger partial charge in [0.15, 0.2) is 5.78 Å². The number of imidazole rings is 1. The van der Waals surface area contributed by atoms with Gasteiger partial charge in [-0.2, -0.15) is 0 Å². The number of nitrogens with zero attached hydrogens (tertiary/aromatic N) is 3. The van der Waals surface area contributed by atoms with Crippen molar-refractivity contribution in [3.63, 3.8) is 0 Å². The van der Waals surface area contributed by atoms with Crippen molar-refractivity contribution in [2.75, 3.05) is 0 Å². The summed E-state index contributed by atoms with van der Waals surface area (Å²) in [7, 11) is 0. The number of rotatable bonds is 8. The van der Waals surface area contributed by atoms with Crippen LogP contribution < -0.4 is 5.73 Å². The standard InChI is InChI=1S/C22H22N4O4/c1-14(2)22(25-10-9-24-13-25)15-7-8-17(19(11-15)26(29)30)16-5-3-4-6-18(16)20(27)12-21(23)28/h3-11,13-14,22H,12H2,1-2H3,(H2,23,28). The Balaban J connectivity index is 2.14. The highest BCUT2D eigenvalue weighted by Crippen LogP contribution is 2.37. The highest BCUT2D eigenvalue weighted by molar-refractivity contribution is 6.10. The summed E-state index contributed by atoms with van der Waals surface area (Å²) in [5.74, 6) is -1.07. The molecule has 0 bridgehead atoms. The molecule has 0 spiro atoms. The number of primary amides is 1. The third kappa shape index (κ3) is 4.27. The Morgan fingerprint density at radius 2 is 1.90 bits per heavy atom. The van der Waals surface area contributed by atoms with Gasteiger partial charge in [0.2, 0.25) is 5.91 Å². The van der Waals surface area contributed by atoms with Gasteiger partial charge in [-0.1, -0.05) is 44.2 Å². The maximum Gasteiger partial charge on any atom is 0.277 e. The molecule has 2 N–H and O–H groups in total. The number of hydrogen-bond donors (Lipinski definition) is 1. The molecule has 3 aromatic rings. The molecule has 0 saturated heterocycles. The topological polar surface area (TPSA) is 121 Å². The van der Waals surface area contributed by atoms with Crippen molar-refractivity contribution in [1.29, 1.82) is 0 Å². The van der Waals surface area contributed by atoms with E-state index in [1.165, 1.54) is 6.07 Å². The number of Topliss-reactive ketones (excluding diaryl/α,β-unsaturated/α-hetero) is 1. The fourth-order valence-electron chi connectivity index (χ4n) is 3.66. The number of carbonyl (C=O) groups is 2. The van der Waals surface area contributed by atoms with Crippen LogP contribution in [0, 0.1) is 16.0 Å². The predicted octanol–water partition coefficient (Wildman–Crippen LogP) is 3.76. The Bertz CT molecular complexity index is 1090. The summed E-state index contributed by atoms with van der Waals surface area (Å²) in [6, 6.07) is 11.4. The van der Waals surface area contributed by atoms with Crippen LogP contribution in [0.2, 0.25) is 0 Å². The molecule has 1 aromatic heterocycles. The molecule has 1 heterocycles. The van der Waals surface area contributed by atoms with Crippen LogP contribution >= 0.6 is 0 Å². The smallest absolute Gasteiger partial charge is 0.277 e. The van der Waals surface area contributed by atoms with Crippen LogP contribution in [0.15, 0.2) is 61.2 Å². The van der Waals surface area contributed by atoms with Gasteiger partial charge in [0.1, 0.15) is 0 Å². The number of nitrogens with two attached hydrogens (primary N) is 1. The van der Waals surface area contributed by atoms with Crippen molar-refractivity contribution < 1.29 is 14.5 Å². The lowest BCUT2D eigenvalue weighted by atomic mass is 9.90. The minimum absolute atomic E-state index is 0.113. The fourth-order valence-corrected chi connectivity index (χ4v) is 3.66. The molecule has 2 aromatic carbocycles. The first-order chi connectivity index (χ1) is 14.3. The van der Waals surface area contributed by atoms with Crippen molar-refractivity contribution >= 4 is 17.4 Å². The number of ketones is 1. The average molecular weight is 406 g/mol. The number of amides is 1. The zero-order valence-corrected chi connectivity index (χ0v) is 16.7. The number of aromatic nitrogens is 2. The quantitative estimate of drug-likeness (QED) is 0.264. The summed E-state index contributed by atoms with van der Waals surface area (Å²) in [6.45, 7) is 4.06. The molecule has 3 rings (SSSR count). The molecule has 1 unspecified atom stereocenters. The van der Waals surface area contributed by atoms with Crippen LogP contribution in [0.4, 0.5) is 5.69 Å². The van der Waals surface area contributed by atoms with Gasteiger partial charge in [0.05, 0.1) is 29.3 Å².